The fourth-order valence-corrected chi connectivity index (χ4v) is 2.77. The molecule has 0 aliphatic rings. The van der Waals surface area contributed by atoms with Gasteiger partial charge in [-0.05, 0) is 30.3 Å². The summed E-state index contributed by atoms with van der Waals surface area (Å²) in [6.07, 6.45) is -4.75. The standard InChI is InChI=1S/C17H10ClF3N4O/c18-11-3-1-2-9-4-7-14(24-15(9)11)25-16-22-12-6-5-10(8-13(12)23-16)26-17(19,20)21/h1-8H,(H2,22,23,24,25). The predicted molar refractivity (Wildman–Crippen MR) is 92.8 cm³/mol. The van der Waals surface area contributed by atoms with Gasteiger partial charge in [0, 0.05) is 11.5 Å². The minimum absolute atomic E-state index is 0.323. The zero-order valence-corrected chi connectivity index (χ0v) is 13.7. The number of aromatic nitrogens is 3. The first-order chi connectivity index (χ1) is 12.4. The van der Waals surface area contributed by atoms with Crippen LogP contribution in [-0.2, 0) is 0 Å². The molecule has 0 saturated heterocycles. The highest BCUT2D eigenvalue weighted by Gasteiger charge is 2.31. The third-order valence-electron chi connectivity index (χ3n) is 3.60. The zero-order valence-electron chi connectivity index (χ0n) is 12.9. The van der Waals surface area contributed by atoms with Crippen LogP contribution in [0.15, 0.2) is 48.5 Å². The van der Waals surface area contributed by atoms with Crippen molar-refractivity contribution < 1.29 is 17.9 Å². The number of hydrogen-bond acceptors (Lipinski definition) is 4. The summed E-state index contributed by atoms with van der Waals surface area (Å²) in [5.41, 5.74) is 1.52. The molecule has 2 aromatic carbocycles. The summed E-state index contributed by atoms with van der Waals surface area (Å²) in [5.74, 6) is 0.510. The van der Waals surface area contributed by atoms with Gasteiger partial charge in [-0.15, -0.1) is 13.2 Å². The summed E-state index contributed by atoms with van der Waals surface area (Å²) in [6.45, 7) is 0. The lowest BCUT2D eigenvalue weighted by Crippen LogP contribution is -2.16. The Kier molecular flexibility index (Phi) is 3.84. The summed E-state index contributed by atoms with van der Waals surface area (Å²) in [5, 5.41) is 4.39. The van der Waals surface area contributed by atoms with Crippen molar-refractivity contribution in [3.63, 3.8) is 0 Å². The summed E-state index contributed by atoms with van der Waals surface area (Å²) >= 11 is 6.15. The number of hydrogen-bond donors (Lipinski definition) is 2. The first-order valence-corrected chi connectivity index (χ1v) is 7.83. The maximum atomic E-state index is 12.3. The Morgan fingerprint density at radius 2 is 1.88 bits per heavy atom. The molecule has 0 atom stereocenters. The van der Waals surface area contributed by atoms with Crippen LogP contribution >= 0.6 is 11.6 Å². The molecule has 9 heteroatoms. The van der Waals surface area contributed by atoms with Crippen molar-refractivity contribution in [3.8, 4) is 5.75 Å². The molecule has 0 unspecified atom stereocenters. The molecule has 4 aromatic rings. The highest BCUT2D eigenvalue weighted by molar-refractivity contribution is 6.35. The van der Waals surface area contributed by atoms with Crippen molar-refractivity contribution in [1.82, 2.24) is 15.0 Å². The number of H-pyrrole nitrogens is 1. The van der Waals surface area contributed by atoms with Crippen LogP contribution in [0.5, 0.6) is 5.75 Å². The normalized spacial score (nSPS) is 11.8. The van der Waals surface area contributed by atoms with Gasteiger partial charge in [-0.2, -0.15) is 0 Å². The van der Waals surface area contributed by atoms with Gasteiger partial charge in [0.15, 0.2) is 0 Å². The van der Waals surface area contributed by atoms with Gasteiger partial charge in [0.05, 0.1) is 21.6 Å². The summed E-state index contributed by atoms with van der Waals surface area (Å²) in [4.78, 5) is 11.6. The first kappa shape index (κ1) is 16.5. The Hall–Kier alpha value is -3.00. The van der Waals surface area contributed by atoms with Gasteiger partial charge >= 0.3 is 6.36 Å². The van der Waals surface area contributed by atoms with Gasteiger partial charge in [0.25, 0.3) is 0 Å². The number of ether oxygens (including phenoxy) is 1. The smallest absolute Gasteiger partial charge is 0.406 e. The van der Waals surface area contributed by atoms with Crippen molar-refractivity contribution in [1.29, 1.82) is 0 Å². The molecular formula is C17H10ClF3N4O. The van der Waals surface area contributed by atoms with Gasteiger partial charge in [-0.25, -0.2) is 9.97 Å². The van der Waals surface area contributed by atoms with Crippen LogP contribution in [0.3, 0.4) is 0 Å². The third kappa shape index (κ3) is 3.36. The van der Waals surface area contributed by atoms with Crippen molar-refractivity contribution in [2.24, 2.45) is 0 Å². The van der Waals surface area contributed by atoms with Crippen molar-refractivity contribution in [3.05, 3.63) is 53.6 Å². The van der Waals surface area contributed by atoms with Gasteiger partial charge in [0.1, 0.15) is 11.6 Å². The Morgan fingerprint density at radius 3 is 2.69 bits per heavy atom. The SMILES string of the molecule is FC(F)(F)Oc1ccc2nc(Nc3ccc4cccc(Cl)c4n3)[nH]c2c1. The molecule has 0 saturated carbocycles. The van der Waals surface area contributed by atoms with E-state index in [9.17, 15) is 13.2 Å². The lowest BCUT2D eigenvalue weighted by atomic mass is 10.2. The molecule has 132 valence electrons. The quantitative estimate of drug-likeness (QED) is 0.500. The average molecular weight is 379 g/mol. The van der Waals surface area contributed by atoms with E-state index in [1.54, 1.807) is 12.1 Å². The van der Waals surface area contributed by atoms with Crippen LogP contribution in [0, 0.1) is 0 Å². The van der Waals surface area contributed by atoms with E-state index in [1.807, 2.05) is 18.2 Å². The fraction of sp³-hybridized carbons (Fsp3) is 0.0588. The molecular weight excluding hydrogens is 369 g/mol. The lowest BCUT2D eigenvalue weighted by Gasteiger charge is -2.07. The lowest BCUT2D eigenvalue weighted by molar-refractivity contribution is -0.274. The van der Waals surface area contributed by atoms with E-state index < -0.39 is 6.36 Å². The van der Waals surface area contributed by atoms with Crippen molar-refractivity contribution >= 4 is 45.3 Å². The molecule has 0 fully saturated rings. The first-order valence-electron chi connectivity index (χ1n) is 7.45. The van der Waals surface area contributed by atoms with Crippen LogP contribution in [0.4, 0.5) is 24.9 Å². The zero-order chi connectivity index (χ0) is 18.3. The Balaban J connectivity index is 1.64. The maximum absolute atomic E-state index is 12.3. The van der Waals surface area contributed by atoms with Crippen molar-refractivity contribution in [2.75, 3.05) is 5.32 Å². The molecule has 0 aliphatic heterocycles. The molecule has 0 amide bonds. The number of halogens is 4. The Morgan fingerprint density at radius 1 is 1.04 bits per heavy atom. The number of aromatic amines is 1. The summed E-state index contributed by atoms with van der Waals surface area (Å²) in [7, 11) is 0. The molecule has 0 spiro atoms. The van der Waals surface area contributed by atoms with Crippen LogP contribution in [0.25, 0.3) is 21.9 Å². The molecule has 2 aromatic heterocycles. The average Bonchev–Trinajstić information content (AvgIpc) is 2.95. The van der Waals surface area contributed by atoms with Crippen LogP contribution < -0.4 is 10.1 Å². The third-order valence-corrected chi connectivity index (χ3v) is 3.91. The highest BCUT2D eigenvalue weighted by atomic mass is 35.5. The Labute approximate surface area is 149 Å². The number of nitrogens with zero attached hydrogens (tertiary/aromatic N) is 2. The molecule has 0 bridgehead atoms. The van der Waals surface area contributed by atoms with Crippen LogP contribution in [0.2, 0.25) is 5.02 Å². The van der Waals surface area contributed by atoms with Gasteiger partial charge in [-0.1, -0.05) is 23.7 Å². The fourth-order valence-electron chi connectivity index (χ4n) is 2.55. The number of alkyl halides is 3. The number of benzene rings is 2. The topological polar surface area (TPSA) is 62.8 Å². The monoisotopic (exact) mass is 378 g/mol. The Bertz CT molecular complexity index is 1110. The van der Waals surface area contributed by atoms with E-state index >= 15 is 0 Å². The van der Waals surface area contributed by atoms with Gasteiger partial charge in [-0.3, -0.25) is 0 Å². The highest BCUT2D eigenvalue weighted by Crippen LogP contribution is 2.28. The van der Waals surface area contributed by atoms with E-state index in [0.29, 0.717) is 33.3 Å². The number of rotatable bonds is 3. The largest absolute Gasteiger partial charge is 0.573 e. The van der Waals surface area contributed by atoms with Crippen molar-refractivity contribution in [2.45, 2.75) is 6.36 Å². The van der Waals surface area contributed by atoms with E-state index in [2.05, 4.69) is 25.0 Å². The number of fused-ring (bicyclic) bond motifs is 2. The second-order valence-electron chi connectivity index (χ2n) is 5.45. The van der Waals surface area contributed by atoms with E-state index in [1.165, 1.54) is 18.2 Å². The summed E-state index contributed by atoms with van der Waals surface area (Å²) < 4.78 is 40.8. The molecule has 5 nitrogen and oxygen atoms in total. The number of anilines is 2. The molecule has 0 radical (unpaired) electrons. The minimum atomic E-state index is -4.75. The van der Waals surface area contributed by atoms with Crippen LogP contribution in [0.1, 0.15) is 0 Å². The van der Waals surface area contributed by atoms with E-state index in [4.69, 9.17) is 11.6 Å². The molecule has 2 N–H and O–H groups in total. The predicted octanol–water partition coefficient (Wildman–Crippen LogP) is 5.41. The second kappa shape index (κ2) is 6.06. The van der Waals surface area contributed by atoms with Gasteiger partial charge in [0.2, 0.25) is 5.95 Å². The maximum Gasteiger partial charge on any atom is 0.573 e. The number of pyridine rings is 1. The number of nitrogens with one attached hydrogen (secondary N) is 2. The van der Waals surface area contributed by atoms with E-state index in [0.717, 1.165) is 5.39 Å². The molecule has 0 aliphatic carbocycles. The van der Waals surface area contributed by atoms with Crippen LogP contribution in [-0.4, -0.2) is 21.3 Å². The summed E-state index contributed by atoms with van der Waals surface area (Å²) in [6, 6.07) is 12.9. The molecule has 2 heterocycles. The minimum Gasteiger partial charge on any atom is -0.406 e. The van der Waals surface area contributed by atoms with E-state index in [-0.39, 0.29) is 5.75 Å². The number of para-hydroxylation sites is 1. The molecule has 4 rings (SSSR count). The second-order valence-corrected chi connectivity index (χ2v) is 5.85. The van der Waals surface area contributed by atoms with Gasteiger partial charge < -0.3 is 15.0 Å². The number of imidazole rings is 1. The molecule has 26 heavy (non-hydrogen) atoms.